The van der Waals surface area contributed by atoms with Gasteiger partial charge in [0.25, 0.3) is 0 Å². The molecule has 0 amide bonds. The Morgan fingerprint density at radius 2 is 2.36 bits per heavy atom. The highest BCUT2D eigenvalue weighted by atomic mass is 32.1. The molecule has 11 heavy (non-hydrogen) atoms. The maximum atomic E-state index is 9.48. The van der Waals surface area contributed by atoms with Crippen molar-refractivity contribution in [3.63, 3.8) is 0 Å². The van der Waals surface area contributed by atoms with Crippen molar-refractivity contribution in [1.82, 2.24) is 9.59 Å². The van der Waals surface area contributed by atoms with Gasteiger partial charge in [0.05, 0.1) is 6.10 Å². The number of hydrogen-bond acceptors (Lipinski definition) is 4. The molecule has 0 aliphatic rings. The molecule has 1 unspecified atom stereocenters. The summed E-state index contributed by atoms with van der Waals surface area (Å²) < 4.78 is 3.68. The predicted octanol–water partition coefficient (Wildman–Crippen LogP) is 1.62. The van der Waals surface area contributed by atoms with E-state index >= 15 is 0 Å². The number of aromatic nitrogens is 2. The minimum absolute atomic E-state index is 0.436. The summed E-state index contributed by atoms with van der Waals surface area (Å²) >= 11 is 1.27. The highest BCUT2D eigenvalue weighted by molar-refractivity contribution is 7.03. The summed E-state index contributed by atoms with van der Waals surface area (Å²) in [6.07, 6.45) is 0.319. The van der Waals surface area contributed by atoms with Crippen LogP contribution in [0.4, 0.5) is 0 Å². The summed E-state index contributed by atoms with van der Waals surface area (Å²) in [5, 5.41) is 15.1. The molecule has 62 valence electrons. The summed E-state index contributed by atoms with van der Waals surface area (Å²) in [6.45, 7) is 4.14. The van der Waals surface area contributed by atoms with Crippen LogP contribution < -0.4 is 0 Å². The molecule has 0 bridgehead atoms. The molecule has 3 nitrogen and oxygen atoms in total. The van der Waals surface area contributed by atoms with E-state index in [1.54, 1.807) is 5.38 Å². The second-order valence-electron chi connectivity index (χ2n) is 2.98. The van der Waals surface area contributed by atoms with E-state index in [4.69, 9.17) is 0 Å². The molecule has 1 atom stereocenters. The van der Waals surface area contributed by atoms with Gasteiger partial charge in [-0.2, -0.15) is 0 Å². The van der Waals surface area contributed by atoms with E-state index in [1.807, 2.05) is 0 Å². The quantitative estimate of drug-likeness (QED) is 0.753. The molecule has 1 rings (SSSR count). The third-order valence-corrected chi connectivity index (χ3v) is 1.94. The van der Waals surface area contributed by atoms with Crippen molar-refractivity contribution >= 4 is 11.5 Å². The lowest BCUT2D eigenvalue weighted by molar-refractivity contribution is 0.146. The van der Waals surface area contributed by atoms with Crippen molar-refractivity contribution < 1.29 is 5.11 Å². The first-order valence-electron chi connectivity index (χ1n) is 3.65. The van der Waals surface area contributed by atoms with E-state index in [1.165, 1.54) is 11.5 Å². The van der Waals surface area contributed by atoms with Crippen molar-refractivity contribution in [2.75, 3.05) is 0 Å². The first kappa shape index (κ1) is 8.62. The van der Waals surface area contributed by atoms with Crippen LogP contribution in [-0.4, -0.2) is 14.7 Å². The molecule has 0 spiro atoms. The second-order valence-corrected chi connectivity index (χ2v) is 3.58. The van der Waals surface area contributed by atoms with E-state index in [9.17, 15) is 5.11 Å². The Morgan fingerprint density at radius 1 is 1.64 bits per heavy atom. The topological polar surface area (TPSA) is 46.0 Å². The van der Waals surface area contributed by atoms with Gasteiger partial charge < -0.3 is 5.11 Å². The van der Waals surface area contributed by atoms with Crippen molar-refractivity contribution in [3.05, 3.63) is 11.1 Å². The Morgan fingerprint density at radius 3 is 2.82 bits per heavy atom. The van der Waals surface area contributed by atoms with Gasteiger partial charge in [-0.15, -0.1) is 5.10 Å². The largest absolute Gasteiger partial charge is 0.387 e. The summed E-state index contributed by atoms with van der Waals surface area (Å²) in [7, 11) is 0. The van der Waals surface area contributed by atoms with Crippen LogP contribution in [0.3, 0.4) is 0 Å². The van der Waals surface area contributed by atoms with Gasteiger partial charge in [-0.1, -0.05) is 18.3 Å². The highest BCUT2D eigenvalue weighted by Gasteiger charge is 2.11. The lowest BCUT2D eigenvalue weighted by Crippen LogP contribution is -2.01. The Labute approximate surface area is 70.2 Å². The molecule has 1 heterocycles. The molecule has 0 saturated carbocycles. The van der Waals surface area contributed by atoms with Gasteiger partial charge in [-0.25, -0.2) is 0 Å². The first-order valence-corrected chi connectivity index (χ1v) is 4.49. The van der Waals surface area contributed by atoms with E-state index < -0.39 is 6.10 Å². The SMILES string of the molecule is CC(C)CC(O)c1csnn1. The van der Waals surface area contributed by atoms with Gasteiger partial charge in [0, 0.05) is 5.38 Å². The van der Waals surface area contributed by atoms with Crippen LogP contribution in [0.25, 0.3) is 0 Å². The molecule has 1 aromatic rings. The molecule has 4 heteroatoms. The van der Waals surface area contributed by atoms with E-state index in [2.05, 4.69) is 23.4 Å². The average molecular weight is 172 g/mol. The lowest BCUT2D eigenvalue weighted by Gasteiger charge is -2.08. The normalized spacial score (nSPS) is 13.8. The summed E-state index contributed by atoms with van der Waals surface area (Å²) in [4.78, 5) is 0. The fourth-order valence-corrected chi connectivity index (χ4v) is 1.39. The van der Waals surface area contributed by atoms with E-state index in [0.717, 1.165) is 6.42 Å². The van der Waals surface area contributed by atoms with E-state index in [0.29, 0.717) is 11.6 Å². The fourth-order valence-electron chi connectivity index (χ4n) is 0.884. The predicted molar refractivity (Wildman–Crippen MR) is 44.3 cm³/mol. The van der Waals surface area contributed by atoms with Crippen LogP contribution in [0.15, 0.2) is 5.38 Å². The molecule has 0 aliphatic carbocycles. The van der Waals surface area contributed by atoms with Crippen molar-refractivity contribution in [2.45, 2.75) is 26.4 Å². The van der Waals surface area contributed by atoms with Gasteiger partial charge in [0.15, 0.2) is 0 Å². The number of rotatable bonds is 3. The van der Waals surface area contributed by atoms with Gasteiger partial charge in [0.2, 0.25) is 0 Å². The van der Waals surface area contributed by atoms with Crippen molar-refractivity contribution in [1.29, 1.82) is 0 Å². The number of aliphatic hydroxyl groups excluding tert-OH is 1. The van der Waals surface area contributed by atoms with Gasteiger partial charge in [0.1, 0.15) is 5.69 Å². The fraction of sp³-hybridized carbons (Fsp3) is 0.714. The maximum Gasteiger partial charge on any atom is 0.104 e. The second kappa shape index (κ2) is 3.78. The molecule has 1 N–H and O–H groups in total. The number of aliphatic hydroxyl groups is 1. The molecule has 0 radical (unpaired) electrons. The van der Waals surface area contributed by atoms with Crippen LogP contribution >= 0.6 is 11.5 Å². The molecule has 0 aliphatic heterocycles. The molecule has 1 aromatic heterocycles. The Bertz CT molecular complexity index is 198. The zero-order valence-electron chi connectivity index (χ0n) is 6.69. The van der Waals surface area contributed by atoms with Crippen LogP contribution in [0.2, 0.25) is 0 Å². The molecular weight excluding hydrogens is 160 g/mol. The average Bonchev–Trinajstić information content (AvgIpc) is 2.35. The van der Waals surface area contributed by atoms with Crippen molar-refractivity contribution in [2.24, 2.45) is 5.92 Å². The van der Waals surface area contributed by atoms with Crippen LogP contribution in [0.1, 0.15) is 32.1 Å². The number of nitrogens with zero attached hydrogens (tertiary/aromatic N) is 2. The first-order chi connectivity index (χ1) is 5.20. The Balaban J connectivity index is 2.49. The van der Waals surface area contributed by atoms with E-state index in [-0.39, 0.29) is 0 Å². The molecule has 0 aromatic carbocycles. The molecule has 0 fully saturated rings. The zero-order chi connectivity index (χ0) is 8.27. The van der Waals surface area contributed by atoms with Gasteiger partial charge in [-0.05, 0) is 23.9 Å². The van der Waals surface area contributed by atoms with Gasteiger partial charge >= 0.3 is 0 Å². The molecular formula is C7H12N2OS. The Kier molecular flexibility index (Phi) is 2.96. The third kappa shape index (κ3) is 2.55. The summed E-state index contributed by atoms with van der Waals surface area (Å²) in [5.41, 5.74) is 0.698. The standard InChI is InChI=1S/C7H12N2OS/c1-5(2)3-7(10)6-4-11-9-8-6/h4-5,7,10H,3H2,1-2H3. The summed E-state index contributed by atoms with van der Waals surface area (Å²) in [5.74, 6) is 0.492. The van der Waals surface area contributed by atoms with Crippen LogP contribution in [-0.2, 0) is 0 Å². The lowest BCUT2D eigenvalue weighted by atomic mass is 10.0. The zero-order valence-corrected chi connectivity index (χ0v) is 7.51. The van der Waals surface area contributed by atoms with Crippen molar-refractivity contribution in [3.8, 4) is 0 Å². The third-order valence-electron chi connectivity index (χ3n) is 1.41. The minimum atomic E-state index is -0.436. The van der Waals surface area contributed by atoms with Crippen LogP contribution in [0.5, 0.6) is 0 Å². The van der Waals surface area contributed by atoms with Gasteiger partial charge in [-0.3, -0.25) is 0 Å². The smallest absolute Gasteiger partial charge is 0.104 e. The maximum absolute atomic E-state index is 9.48. The molecule has 0 saturated heterocycles. The Hall–Kier alpha value is -0.480. The minimum Gasteiger partial charge on any atom is -0.387 e. The highest BCUT2D eigenvalue weighted by Crippen LogP contribution is 2.19. The van der Waals surface area contributed by atoms with Crippen LogP contribution in [0, 0.1) is 5.92 Å². The number of hydrogen-bond donors (Lipinski definition) is 1. The monoisotopic (exact) mass is 172 g/mol. The summed E-state index contributed by atoms with van der Waals surface area (Å²) in [6, 6.07) is 0.